The zero-order chi connectivity index (χ0) is 9.26. The minimum Gasteiger partial charge on any atom is -0.269 e. The highest BCUT2D eigenvalue weighted by Crippen LogP contribution is 2.05. The summed E-state index contributed by atoms with van der Waals surface area (Å²) in [4.78, 5) is 15.3. The van der Waals surface area contributed by atoms with Gasteiger partial charge in [-0.25, -0.2) is 4.98 Å². The monoisotopic (exact) mass is 194 g/mol. The van der Waals surface area contributed by atoms with Gasteiger partial charge in [-0.15, -0.1) is 11.6 Å². The third kappa shape index (κ3) is 1.42. The van der Waals surface area contributed by atoms with Crippen LogP contribution in [-0.2, 0) is 5.88 Å². The van der Waals surface area contributed by atoms with Gasteiger partial charge in [-0.3, -0.25) is 9.20 Å². The van der Waals surface area contributed by atoms with Crippen LogP contribution in [0.15, 0.2) is 35.4 Å². The molecule has 2 heterocycles. The quantitative estimate of drug-likeness (QED) is 0.644. The zero-order valence-electron chi connectivity index (χ0n) is 6.77. The van der Waals surface area contributed by atoms with Gasteiger partial charge in [-0.1, -0.05) is 0 Å². The molecule has 0 aliphatic heterocycles. The molecule has 0 fully saturated rings. The van der Waals surface area contributed by atoms with Crippen molar-refractivity contribution in [1.82, 2.24) is 9.38 Å². The summed E-state index contributed by atoms with van der Waals surface area (Å²) in [6.45, 7) is 0. The van der Waals surface area contributed by atoms with Crippen molar-refractivity contribution in [2.45, 2.75) is 5.88 Å². The standard InChI is InChI=1S/C9H7ClN2O/c10-6-7-2-4-12-8(5-7)11-3-1-9(12)13/h1-5H,6H2. The van der Waals surface area contributed by atoms with Crippen LogP contribution in [0.25, 0.3) is 5.65 Å². The van der Waals surface area contributed by atoms with E-state index in [1.807, 2.05) is 6.07 Å². The zero-order valence-corrected chi connectivity index (χ0v) is 7.53. The molecule has 0 amide bonds. The fourth-order valence-electron chi connectivity index (χ4n) is 1.16. The molecule has 0 aliphatic carbocycles. The molecule has 4 heteroatoms. The molecule has 0 aromatic carbocycles. The van der Waals surface area contributed by atoms with E-state index >= 15 is 0 Å². The van der Waals surface area contributed by atoms with E-state index in [2.05, 4.69) is 4.98 Å². The Balaban J connectivity index is 2.80. The van der Waals surface area contributed by atoms with Gasteiger partial charge in [0.15, 0.2) is 0 Å². The second-order valence-electron chi connectivity index (χ2n) is 2.68. The van der Waals surface area contributed by atoms with Gasteiger partial charge >= 0.3 is 0 Å². The SMILES string of the molecule is O=c1ccnc2cc(CCl)ccn12. The summed E-state index contributed by atoms with van der Waals surface area (Å²) in [6, 6.07) is 5.03. The van der Waals surface area contributed by atoms with E-state index in [1.165, 1.54) is 16.7 Å². The molecule has 2 aromatic rings. The molecule has 0 aliphatic rings. The Bertz CT molecular complexity index is 492. The number of fused-ring (bicyclic) bond motifs is 1. The number of alkyl halides is 1. The third-order valence-electron chi connectivity index (χ3n) is 1.81. The fraction of sp³-hybridized carbons (Fsp3) is 0.111. The Morgan fingerprint density at radius 3 is 3.08 bits per heavy atom. The van der Waals surface area contributed by atoms with Crippen molar-refractivity contribution in [1.29, 1.82) is 0 Å². The van der Waals surface area contributed by atoms with Crippen LogP contribution in [0.2, 0.25) is 0 Å². The maximum atomic E-state index is 11.3. The van der Waals surface area contributed by atoms with Crippen molar-refractivity contribution in [2.24, 2.45) is 0 Å². The van der Waals surface area contributed by atoms with E-state index in [0.717, 1.165) is 5.56 Å². The molecule has 0 saturated carbocycles. The van der Waals surface area contributed by atoms with Gasteiger partial charge < -0.3 is 0 Å². The lowest BCUT2D eigenvalue weighted by atomic mass is 10.3. The Morgan fingerprint density at radius 2 is 2.31 bits per heavy atom. The highest BCUT2D eigenvalue weighted by atomic mass is 35.5. The first-order valence-corrected chi connectivity index (χ1v) is 4.37. The molecule has 0 spiro atoms. The van der Waals surface area contributed by atoms with Crippen LogP contribution in [0, 0.1) is 0 Å². The first kappa shape index (κ1) is 8.26. The fourth-order valence-corrected chi connectivity index (χ4v) is 1.32. The minimum atomic E-state index is -0.0777. The van der Waals surface area contributed by atoms with Crippen LogP contribution in [0.3, 0.4) is 0 Å². The Kier molecular flexibility index (Phi) is 2.02. The third-order valence-corrected chi connectivity index (χ3v) is 2.12. The number of aromatic nitrogens is 2. The van der Waals surface area contributed by atoms with Crippen LogP contribution >= 0.6 is 11.6 Å². The van der Waals surface area contributed by atoms with Gasteiger partial charge in [0.05, 0.1) is 0 Å². The van der Waals surface area contributed by atoms with Crippen molar-refractivity contribution < 1.29 is 0 Å². The average molecular weight is 195 g/mol. The molecule has 0 bridgehead atoms. The van der Waals surface area contributed by atoms with Crippen LogP contribution in [0.1, 0.15) is 5.56 Å². The summed E-state index contributed by atoms with van der Waals surface area (Å²) in [7, 11) is 0. The highest BCUT2D eigenvalue weighted by molar-refractivity contribution is 6.17. The highest BCUT2D eigenvalue weighted by Gasteiger charge is 1.96. The molecule has 0 N–H and O–H groups in total. The normalized spacial score (nSPS) is 10.5. The summed E-state index contributed by atoms with van der Waals surface area (Å²) < 4.78 is 1.48. The second kappa shape index (κ2) is 3.18. The molecular formula is C9H7ClN2O. The number of nitrogens with zero attached hydrogens (tertiary/aromatic N) is 2. The van der Waals surface area contributed by atoms with Crippen molar-refractivity contribution >= 4 is 17.2 Å². The van der Waals surface area contributed by atoms with Gasteiger partial charge in [-0.05, 0) is 17.7 Å². The lowest BCUT2D eigenvalue weighted by Gasteiger charge is -1.99. The average Bonchev–Trinajstić information content (AvgIpc) is 2.18. The number of rotatable bonds is 1. The predicted molar refractivity (Wildman–Crippen MR) is 51.0 cm³/mol. The van der Waals surface area contributed by atoms with Crippen molar-refractivity contribution in [3.8, 4) is 0 Å². The van der Waals surface area contributed by atoms with Gasteiger partial charge in [-0.2, -0.15) is 0 Å². The topological polar surface area (TPSA) is 34.4 Å². The summed E-state index contributed by atoms with van der Waals surface area (Å²) in [6.07, 6.45) is 3.18. The Morgan fingerprint density at radius 1 is 1.46 bits per heavy atom. The van der Waals surface area contributed by atoms with Crippen molar-refractivity contribution in [3.63, 3.8) is 0 Å². The predicted octanol–water partition coefficient (Wildman–Crippen LogP) is 1.43. The molecule has 0 unspecified atom stereocenters. The van der Waals surface area contributed by atoms with Gasteiger partial charge in [0.2, 0.25) is 0 Å². The van der Waals surface area contributed by atoms with Crippen LogP contribution in [-0.4, -0.2) is 9.38 Å². The summed E-state index contributed by atoms with van der Waals surface area (Å²) in [5.41, 5.74) is 1.51. The van der Waals surface area contributed by atoms with E-state index in [-0.39, 0.29) is 5.56 Å². The van der Waals surface area contributed by atoms with E-state index in [1.54, 1.807) is 12.3 Å². The smallest absolute Gasteiger partial charge is 0.257 e. The van der Waals surface area contributed by atoms with Crippen LogP contribution < -0.4 is 5.56 Å². The number of hydrogen-bond acceptors (Lipinski definition) is 2. The first-order valence-electron chi connectivity index (χ1n) is 3.83. The first-order chi connectivity index (χ1) is 6.31. The van der Waals surface area contributed by atoms with Gasteiger partial charge in [0.1, 0.15) is 5.65 Å². The molecule has 66 valence electrons. The largest absolute Gasteiger partial charge is 0.269 e. The number of hydrogen-bond donors (Lipinski definition) is 0. The Hall–Kier alpha value is -1.35. The molecule has 3 nitrogen and oxygen atoms in total. The lowest BCUT2D eigenvalue weighted by Crippen LogP contribution is -2.12. The number of halogens is 1. The molecule has 2 aromatic heterocycles. The molecular weight excluding hydrogens is 188 g/mol. The molecule has 0 saturated heterocycles. The van der Waals surface area contributed by atoms with E-state index in [4.69, 9.17) is 11.6 Å². The Labute approximate surface area is 79.6 Å². The van der Waals surface area contributed by atoms with E-state index < -0.39 is 0 Å². The van der Waals surface area contributed by atoms with E-state index in [9.17, 15) is 4.79 Å². The molecule has 2 rings (SSSR count). The minimum absolute atomic E-state index is 0.0777. The van der Waals surface area contributed by atoms with Crippen molar-refractivity contribution in [2.75, 3.05) is 0 Å². The summed E-state index contributed by atoms with van der Waals surface area (Å²) >= 11 is 5.65. The number of pyridine rings is 1. The van der Waals surface area contributed by atoms with Crippen LogP contribution in [0.5, 0.6) is 0 Å². The lowest BCUT2D eigenvalue weighted by molar-refractivity contribution is 1.04. The molecule has 0 atom stereocenters. The van der Waals surface area contributed by atoms with Crippen LogP contribution in [0.4, 0.5) is 0 Å². The molecule has 13 heavy (non-hydrogen) atoms. The summed E-state index contributed by atoms with van der Waals surface area (Å²) in [5, 5.41) is 0. The maximum Gasteiger partial charge on any atom is 0.257 e. The summed E-state index contributed by atoms with van der Waals surface area (Å²) in [5.74, 6) is 0.432. The molecule has 0 radical (unpaired) electrons. The van der Waals surface area contributed by atoms with Gasteiger partial charge in [0, 0.05) is 24.3 Å². The van der Waals surface area contributed by atoms with Gasteiger partial charge in [0.25, 0.3) is 5.56 Å². The second-order valence-corrected chi connectivity index (χ2v) is 2.95. The maximum absolute atomic E-state index is 11.3. The van der Waals surface area contributed by atoms with Crippen molar-refractivity contribution in [3.05, 3.63) is 46.5 Å². The van der Waals surface area contributed by atoms with E-state index in [0.29, 0.717) is 11.5 Å².